The zero-order valence-corrected chi connectivity index (χ0v) is 17.7. The van der Waals surface area contributed by atoms with Gasteiger partial charge in [-0.05, 0) is 49.3 Å². The Labute approximate surface area is 180 Å². The summed E-state index contributed by atoms with van der Waals surface area (Å²) in [6.07, 6.45) is 3.03. The van der Waals surface area contributed by atoms with Crippen molar-refractivity contribution in [3.63, 3.8) is 0 Å². The topological polar surface area (TPSA) is 65.3 Å². The van der Waals surface area contributed by atoms with Crippen LogP contribution in [0.1, 0.15) is 24.8 Å². The molecule has 0 amide bonds. The molecular formula is C22H27F2N5O2. The number of ether oxygens (including phenoxy) is 2. The summed E-state index contributed by atoms with van der Waals surface area (Å²) in [4.78, 5) is 3.82. The average Bonchev–Trinajstić information content (AvgIpc) is 3.24. The van der Waals surface area contributed by atoms with Crippen molar-refractivity contribution >= 4 is 0 Å². The number of hydrogen-bond acceptors (Lipinski definition) is 6. The van der Waals surface area contributed by atoms with Gasteiger partial charge in [-0.2, -0.15) is 13.6 Å². The number of unbranched alkanes of at least 4 members (excludes halogenated alkanes) is 2. The number of benzene rings is 2. The molecule has 7 nitrogen and oxygen atoms in total. The van der Waals surface area contributed by atoms with Crippen molar-refractivity contribution in [2.45, 2.75) is 39.0 Å². The lowest BCUT2D eigenvalue weighted by Crippen LogP contribution is -2.19. The van der Waals surface area contributed by atoms with Crippen molar-refractivity contribution in [3.05, 3.63) is 54.1 Å². The predicted octanol–water partition coefficient (Wildman–Crippen LogP) is 4.25. The monoisotopic (exact) mass is 431 g/mol. The van der Waals surface area contributed by atoms with Crippen LogP contribution in [0.3, 0.4) is 0 Å². The number of tetrazole rings is 1. The molecule has 0 fully saturated rings. The second-order valence-corrected chi connectivity index (χ2v) is 7.24. The lowest BCUT2D eigenvalue weighted by molar-refractivity contribution is -0.0512. The van der Waals surface area contributed by atoms with Crippen LogP contribution in [0.4, 0.5) is 8.78 Å². The van der Waals surface area contributed by atoms with E-state index < -0.39 is 6.61 Å². The predicted molar refractivity (Wildman–Crippen MR) is 113 cm³/mol. The van der Waals surface area contributed by atoms with E-state index in [1.807, 2.05) is 37.4 Å². The SMILES string of the molecule is COc1cc(CN(C)CCCCCn2nnc(-c3ccccc3)n2)ccc1OC(F)F. The van der Waals surface area contributed by atoms with E-state index in [-0.39, 0.29) is 5.75 Å². The molecule has 2 aromatic carbocycles. The Morgan fingerprint density at radius 1 is 1.03 bits per heavy atom. The summed E-state index contributed by atoms with van der Waals surface area (Å²) in [6.45, 7) is -0.541. The minimum Gasteiger partial charge on any atom is -0.493 e. The Morgan fingerprint density at radius 3 is 2.58 bits per heavy atom. The molecule has 31 heavy (non-hydrogen) atoms. The number of aromatic nitrogens is 4. The Bertz CT molecular complexity index is 937. The van der Waals surface area contributed by atoms with Crippen LogP contribution in [0.2, 0.25) is 0 Å². The molecule has 0 aliphatic heterocycles. The van der Waals surface area contributed by atoms with Crippen molar-refractivity contribution in [1.29, 1.82) is 0 Å². The smallest absolute Gasteiger partial charge is 0.387 e. The van der Waals surface area contributed by atoms with Crippen LogP contribution < -0.4 is 9.47 Å². The fourth-order valence-electron chi connectivity index (χ4n) is 3.25. The first-order valence-electron chi connectivity index (χ1n) is 10.2. The molecule has 0 aliphatic rings. The molecule has 0 spiro atoms. The van der Waals surface area contributed by atoms with E-state index in [2.05, 4.69) is 25.0 Å². The third-order valence-corrected chi connectivity index (χ3v) is 4.78. The number of alkyl halides is 2. The minimum atomic E-state index is -2.87. The van der Waals surface area contributed by atoms with Gasteiger partial charge in [0.1, 0.15) is 0 Å². The second-order valence-electron chi connectivity index (χ2n) is 7.24. The highest BCUT2D eigenvalue weighted by Crippen LogP contribution is 2.29. The van der Waals surface area contributed by atoms with E-state index in [0.717, 1.165) is 43.5 Å². The quantitative estimate of drug-likeness (QED) is 0.400. The molecule has 9 heteroatoms. The molecule has 1 heterocycles. The molecular weight excluding hydrogens is 404 g/mol. The average molecular weight is 431 g/mol. The molecule has 0 radical (unpaired) electrons. The number of halogens is 2. The zero-order chi connectivity index (χ0) is 22.1. The molecule has 0 N–H and O–H groups in total. The van der Waals surface area contributed by atoms with Gasteiger partial charge in [0.2, 0.25) is 5.82 Å². The molecule has 0 saturated carbocycles. The summed E-state index contributed by atoms with van der Waals surface area (Å²) in [5, 5.41) is 12.7. The summed E-state index contributed by atoms with van der Waals surface area (Å²) < 4.78 is 34.5. The first-order chi connectivity index (χ1) is 15.0. The van der Waals surface area contributed by atoms with Gasteiger partial charge >= 0.3 is 6.61 Å². The Balaban J connectivity index is 1.38. The summed E-state index contributed by atoms with van der Waals surface area (Å²) in [5.74, 6) is 0.989. The van der Waals surface area contributed by atoms with Crippen LogP contribution in [-0.2, 0) is 13.1 Å². The van der Waals surface area contributed by atoms with E-state index in [1.165, 1.54) is 13.2 Å². The van der Waals surface area contributed by atoms with E-state index in [0.29, 0.717) is 18.1 Å². The lowest BCUT2D eigenvalue weighted by atomic mass is 10.1. The molecule has 0 saturated heterocycles. The van der Waals surface area contributed by atoms with Gasteiger partial charge in [0.15, 0.2) is 11.5 Å². The van der Waals surface area contributed by atoms with E-state index in [4.69, 9.17) is 4.74 Å². The van der Waals surface area contributed by atoms with Crippen LogP contribution in [0.25, 0.3) is 11.4 Å². The van der Waals surface area contributed by atoms with Crippen molar-refractivity contribution < 1.29 is 18.3 Å². The standard InChI is InChI=1S/C22H27F2N5O2/c1-28(16-17-11-12-19(31-22(23)24)20(15-17)30-2)13-7-4-8-14-29-26-21(25-27-29)18-9-5-3-6-10-18/h3,5-6,9-12,15,22H,4,7-8,13-14,16H2,1-2H3. The Hall–Kier alpha value is -3.07. The van der Waals surface area contributed by atoms with Crippen LogP contribution in [0.5, 0.6) is 11.5 Å². The van der Waals surface area contributed by atoms with Crippen LogP contribution in [-0.4, -0.2) is 52.4 Å². The highest BCUT2D eigenvalue weighted by Gasteiger charge is 2.12. The van der Waals surface area contributed by atoms with Gasteiger partial charge < -0.3 is 14.4 Å². The molecule has 1 aromatic heterocycles. The number of methoxy groups -OCH3 is 1. The van der Waals surface area contributed by atoms with Gasteiger partial charge in [-0.15, -0.1) is 10.2 Å². The summed E-state index contributed by atoms with van der Waals surface area (Å²) in [6, 6.07) is 14.8. The van der Waals surface area contributed by atoms with Gasteiger partial charge in [-0.3, -0.25) is 0 Å². The maximum Gasteiger partial charge on any atom is 0.387 e. The maximum absolute atomic E-state index is 12.4. The number of nitrogens with zero attached hydrogens (tertiary/aromatic N) is 5. The molecule has 3 aromatic rings. The largest absolute Gasteiger partial charge is 0.493 e. The summed E-state index contributed by atoms with van der Waals surface area (Å²) >= 11 is 0. The second kappa shape index (κ2) is 11.4. The van der Waals surface area contributed by atoms with Crippen LogP contribution >= 0.6 is 0 Å². The molecule has 0 atom stereocenters. The van der Waals surface area contributed by atoms with Crippen LogP contribution in [0, 0.1) is 0 Å². The van der Waals surface area contributed by atoms with Crippen molar-refractivity contribution in [2.24, 2.45) is 0 Å². The molecule has 3 rings (SSSR count). The lowest BCUT2D eigenvalue weighted by Gasteiger charge is -2.18. The highest BCUT2D eigenvalue weighted by atomic mass is 19.3. The number of aryl methyl sites for hydroxylation is 1. The Morgan fingerprint density at radius 2 is 1.84 bits per heavy atom. The van der Waals surface area contributed by atoms with Gasteiger partial charge in [0.25, 0.3) is 0 Å². The van der Waals surface area contributed by atoms with Crippen molar-refractivity contribution in [2.75, 3.05) is 20.7 Å². The summed E-state index contributed by atoms with van der Waals surface area (Å²) in [7, 11) is 3.47. The molecule has 0 aliphatic carbocycles. The van der Waals surface area contributed by atoms with Gasteiger partial charge in [-0.1, -0.05) is 42.8 Å². The normalized spacial score (nSPS) is 11.3. The highest BCUT2D eigenvalue weighted by molar-refractivity contribution is 5.52. The molecule has 0 unspecified atom stereocenters. The fraction of sp³-hybridized carbons (Fsp3) is 0.409. The first-order valence-corrected chi connectivity index (χ1v) is 10.2. The minimum absolute atomic E-state index is 0.0426. The van der Waals surface area contributed by atoms with Crippen molar-refractivity contribution in [1.82, 2.24) is 25.1 Å². The zero-order valence-electron chi connectivity index (χ0n) is 17.7. The Kier molecular flexibility index (Phi) is 8.28. The molecule has 0 bridgehead atoms. The van der Waals surface area contributed by atoms with Crippen molar-refractivity contribution in [3.8, 4) is 22.9 Å². The van der Waals surface area contributed by atoms with Gasteiger partial charge in [0, 0.05) is 12.1 Å². The van der Waals surface area contributed by atoms with Gasteiger partial charge in [0.05, 0.1) is 13.7 Å². The van der Waals surface area contributed by atoms with E-state index >= 15 is 0 Å². The van der Waals surface area contributed by atoms with E-state index in [9.17, 15) is 8.78 Å². The van der Waals surface area contributed by atoms with E-state index in [1.54, 1.807) is 16.9 Å². The molecule has 166 valence electrons. The van der Waals surface area contributed by atoms with Gasteiger partial charge in [-0.25, -0.2) is 0 Å². The maximum atomic E-state index is 12.4. The first kappa shape index (κ1) is 22.6. The third kappa shape index (κ3) is 6.99. The number of hydrogen-bond donors (Lipinski definition) is 0. The number of rotatable bonds is 12. The summed E-state index contributed by atoms with van der Waals surface area (Å²) in [5.41, 5.74) is 1.93. The third-order valence-electron chi connectivity index (χ3n) is 4.78. The van der Waals surface area contributed by atoms with Crippen LogP contribution in [0.15, 0.2) is 48.5 Å². The fourth-order valence-corrected chi connectivity index (χ4v) is 3.25.